The fourth-order valence-corrected chi connectivity index (χ4v) is 2.96. The van der Waals surface area contributed by atoms with E-state index in [1.54, 1.807) is 36.4 Å². The molecule has 0 spiro atoms. The molecule has 0 radical (unpaired) electrons. The maximum atomic E-state index is 12.4. The van der Waals surface area contributed by atoms with E-state index in [-0.39, 0.29) is 11.4 Å². The first-order chi connectivity index (χ1) is 10.0. The molecule has 8 heteroatoms. The van der Waals surface area contributed by atoms with Crippen LogP contribution in [-0.2, 0) is 23.6 Å². The smallest absolute Gasteiger partial charge is 0.244 e. The Bertz CT molecular complexity index is 696. The van der Waals surface area contributed by atoms with Crippen molar-refractivity contribution in [1.29, 1.82) is 0 Å². The van der Waals surface area contributed by atoms with Crippen LogP contribution in [0.4, 0.5) is 5.69 Å². The van der Waals surface area contributed by atoms with Gasteiger partial charge in [0.25, 0.3) is 0 Å². The first-order valence-corrected chi connectivity index (χ1v) is 8.16. The van der Waals surface area contributed by atoms with Crippen molar-refractivity contribution in [3.05, 3.63) is 36.4 Å². The summed E-state index contributed by atoms with van der Waals surface area (Å²) in [6, 6.07) is 1.66. The average molecular weight is 309 g/mol. The van der Waals surface area contributed by atoms with Crippen molar-refractivity contribution in [2.24, 2.45) is 7.05 Å². The van der Waals surface area contributed by atoms with Crippen molar-refractivity contribution >= 4 is 15.7 Å². The quantitative estimate of drug-likeness (QED) is 0.800. The van der Waals surface area contributed by atoms with Gasteiger partial charge in [-0.1, -0.05) is 6.92 Å². The molecule has 0 bridgehead atoms. The van der Waals surface area contributed by atoms with Crippen LogP contribution in [0.5, 0.6) is 0 Å². The topological polar surface area (TPSA) is 88.9 Å². The second-order valence-electron chi connectivity index (χ2n) is 4.65. The predicted molar refractivity (Wildman–Crippen MR) is 80.3 cm³/mol. The summed E-state index contributed by atoms with van der Waals surface area (Å²) in [6.07, 6.45) is 7.22. The number of nitrogens with one attached hydrogen (secondary N) is 2. The highest BCUT2D eigenvalue weighted by Gasteiger charge is 2.18. The van der Waals surface area contributed by atoms with Gasteiger partial charge in [0.1, 0.15) is 4.90 Å². The number of nitrogens with zero attached hydrogens (tertiary/aromatic N) is 3. The molecule has 2 aromatic heterocycles. The lowest BCUT2D eigenvalue weighted by atomic mass is 10.4. The van der Waals surface area contributed by atoms with Crippen molar-refractivity contribution in [3.63, 3.8) is 0 Å². The lowest BCUT2D eigenvalue weighted by molar-refractivity contribution is 0.581. The number of aromatic nitrogens is 3. The molecule has 21 heavy (non-hydrogen) atoms. The molecule has 2 heterocycles. The van der Waals surface area contributed by atoms with Crippen molar-refractivity contribution in [2.75, 3.05) is 11.9 Å². The van der Waals surface area contributed by atoms with Crippen LogP contribution in [0.25, 0.3) is 0 Å². The van der Waals surface area contributed by atoms with Crippen LogP contribution < -0.4 is 10.0 Å². The lowest BCUT2D eigenvalue weighted by Gasteiger charge is -2.11. The third kappa shape index (κ3) is 4.02. The van der Waals surface area contributed by atoms with Crippen LogP contribution in [0.3, 0.4) is 0 Å². The molecular formula is C13H19N5O2S. The number of pyridine rings is 1. The van der Waals surface area contributed by atoms with E-state index in [0.717, 1.165) is 12.0 Å². The zero-order valence-corrected chi connectivity index (χ0v) is 12.9. The minimum absolute atomic E-state index is 0.155. The fourth-order valence-electron chi connectivity index (χ4n) is 1.82. The zero-order valence-electron chi connectivity index (χ0n) is 12.1. The molecule has 0 fully saturated rings. The Morgan fingerprint density at radius 2 is 2.14 bits per heavy atom. The highest BCUT2D eigenvalue weighted by atomic mass is 32.2. The molecule has 0 aliphatic heterocycles. The zero-order chi connectivity index (χ0) is 15.3. The van der Waals surface area contributed by atoms with Crippen molar-refractivity contribution in [3.8, 4) is 0 Å². The molecule has 2 N–H and O–H groups in total. The van der Waals surface area contributed by atoms with E-state index in [1.807, 2.05) is 6.92 Å². The summed E-state index contributed by atoms with van der Waals surface area (Å²) < 4.78 is 28.9. The number of sulfonamides is 1. The van der Waals surface area contributed by atoms with Gasteiger partial charge in [0, 0.05) is 44.3 Å². The molecule has 0 aliphatic rings. The molecule has 2 rings (SSSR count). The van der Waals surface area contributed by atoms with Crippen molar-refractivity contribution in [1.82, 2.24) is 19.5 Å². The maximum absolute atomic E-state index is 12.4. The summed E-state index contributed by atoms with van der Waals surface area (Å²) in [7, 11) is -1.84. The highest BCUT2D eigenvalue weighted by Crippen LogP contribution is 2.19. The molecule has 0 aromatic carbocycles. The third-order valence-electron chi connectivity index (χ3n) is 2.86. The van der Waals surface area contributed by atoms with Gasteiger partial charge >= 0.3 is 0 Å². The van der Waals surface area contributed by atoms with Crippen molar-refractivity contribution in [2.45, 2.75) is 24.8 Å². The van der Waals surface area contributed by atoms with Gasteiger partial charge in [0.05, 0.1) is 11.9 Å². The molecule has 0 saturated heterocycles. The van der Waals surface area contributed by atoms with Crippen LogP contribution in [0.2, 0.25) is 0 Å². The van der Waals surface area contributed by atoms with Gasteiger partial charge in [-0.2, -0.15) is 5.10 Å². The van der Waals surface area contributed by atoms with Crippen LogP contribution in [-0.4, -0.2) is 29.7 Å². The van der Waals surface area contributed by atoms with Gasteiger partial charge in [0.15, 0.2) is 0 Å². The molecule has 7 nitrogen and oxygen atoms in total. The van der Waals surface area contributed by atoms with E-state index in [1.165, 1.54) is 6.20 Å². The number of aryl methyl sites for hydroxylation is 1. The average Bonchev–Trinajstić information content (AvgIpc) is 2.89. The van der Waals surface area contributed by atoms with Gasteiger partial charge in [0.2, 0.25) is 10.0 Å². The maximum Gasteiger partial charge on any atom is 0.244 e. The van der Waals surface area contributed by atoms with Crippen LogP contribution >= 0.6 is 0 Å². The molecule has 0 saturated carbocycles. The largest absolute Gasteiger partial charge is 0.384 e. The van der Waals surface area contributed by atoms with Gasteiger partial charge < -0.3 is 5.32 Å². The summed E-state index contributed by atoms with van der Waals surface area (Å²) in [5.41, 5.74) is 1.36. The van der Waals surface area contributed by atoms with E-state index < -0.39 is 10.0 Å². The number of hydrogen-bond acceptors (Lipinski definition) is 5. The Morgan fingerprint density at radius 1 is 1.33 bits per heavy atom. The Morgan fingerprint density at radius 3 is 2.81 bits per heavy atom. The van der Waals surface area contributed by atoms with E-state index in [2.05, 4.69) is 20.1 Å². The molecular weight excluding hydrogens is 290 g/mol. The Kier molecular flexibility index (Phi) is 4.92. The van der Waals surface area contributed by atoms with Crippen LogP contribution in [0.15, 0.2) is 35.7 Å². The fraction of sp³-hybridized carbons (Fsp3) is 0.385. The summed E-state index contributed by atoms with van der Waals surface area (Å²) >= 11 is 0. The SMILES string of the molecule is CCCNc1ccncc1S(=O)(=O)NCc1cnn(C)c1. The van der Waals surface area contributed by atoms with Gasteiger partial charge in [-0.25, -0.2) is 13.1 Å². The minimum atomic E-state index is -3.62. The Hall–Kier alpha value is -1.93. The Balaban J connectivity index is 2.15. The molecule has 2 aromatic rings. The molecule has 0 atom stereocenters. The monoisotopic (exact) mass is 309 g/mol. The Labute approximate surface area is 124 Å². The number of hydrogen-bond donors (Lipinski definition) is 2. The second kappa shape index (κ2) is 6.68. The first kappa shape index (κ1) is 15.5. The summed E-state index contributed by atoms with van der Waals surface area (Å²) in [5.74, 6) is 0. The van der Waals surface area contributed by atoms with E-state index in [9.17, 15) is 8.42 Å². The van der Waals surface area contributed by atoms with Crippen LogP contribution in [0, 0.1) is 0 Å². The van der Waals surface area contributed by atoms with Crippen molar-refractivity contribution < 1.29 is 8.42 Å². The second-order valence-corrected chi connectivity index (χ2v) is 6.38. The van der Waals surface area contributed by atoms with Gasteiger partial charge in [-0.05, 0) is 12.5 Å². The number of anilines is 1. The van der Waals surface area contributed by atoms with Crippen LogP contribution in [0.1, 0.15) is 18.9 Å². The molecule has 0 aliphatic carbocycles. The highest BCUT2D eigenvalue weighted by molar-refractivity contribution is 7.89. The number of rotatable bonds is 7. The van der Waals surface area contributed by atoms with E-state index in [0.29, 0.717) is 12.2 Å². The summed E-state index contributed by atoms with van der Waals surface area (Å²) in [6.45, 7) is 2.91. The standard InChI is InChI=1S/C13H19N5O2S/c1-3-5-15-12-4-6-14-9-13(12)21(19,20)17-8-11-7-16-18(2)10-11/h4,6-7,9-10,17H,3,5,8H2,1-2H3,(H,14,15). The van der Waals surface area contributed by atoms with E-state index in [4.69, 9.17) is 0 Å². The summed E-state index contributed by atoms with van der Waals surface area (Å²) in [5, 5.41) is 7.10. The molecule has 114 valence electrons. The first-order valence-electron chi connectivity index (χ1n) is 6.68. The molecule has 0 amide bonds. The third-order valence-corrected chi connectivity index (χ3v) is 4.29. The van der Waals surface area contributed by atoms with E-state index >= 15 is 0 Å². The predicted octanol–water partition coefficient (Wildman–Crippen LogP) is 1.12. The molecule has 0 unspecified atom stereocenters. The lowest BCUT2D eigenvalue weighted by Crippen LogP contribution is -2.24. The van der Waals surface area contributed by atoms with Gasteiger partial charge in [-0.15, -0.1) is 0 Å². The van der Waals surface area contributed by atoms with Gasteiger partial charge in [-0.3, -0.25) is 9.67 Å². The normalized spacial score (nSPS) is 11.5. The minimum Gasteiger partial charge on any atom is -0.384 e. The summed E-state index contributed by atoms with van der Waals surface area (Å²) in [4.78, 5) is 4.06.